The molecular weight excluding hydrogens is 560 g/mol. The van der Waals surface area contributed by atoms with E-state index in [4.69, 9.17) is 14.2 Å². The molecule has 1 saturated heterocycles. The fourth-order valence-electron chi connectivity index (χ4n) is 5.38. The summed E-state index contributed by atoms with van der Waals surface area (Å²) in [7, 11) is 1.57. The topological polar surface area (TPSA) is 139 Å². The normalized spacial score (nSPS) is 18.4. The van der Waals surface area contributed by atoms with Crippen LogP contribution in [0.15, 0.2) is 79.1 Å². The molecule has 6 bridgehead atoms. The van der Waals surface area contributed by atoms with E-state index in [1.165, 1.54) is 6.20 Å². The highest BCUT2D eigenvalue weighted by Gasteiger charge is 2.34. The summed E-state index contributed by atoms with van der Waals surface area (Å²) in [6.07, 6.45) is 3.23. The second-order valence-electron chi connectivity index (χ2n) is 10.5. The Kier molecular flexibility index (Phi) is 8.23. The summed E-state index contributed by atoms with van der Waals surface area (Å²) >= 11 is 0. The highest BCUT2D eigenvalue weighted by atomic mass is 16.5. The van der Waals surface area contributed by atoms with Crippen molar-refractivity contribution in [3.05, 3.63) is 95.9 Å². The number of methoxy groups -OCH3 is 1. The van der Waals surface area contributed by atoms with Crippen LogP contribution in [0.5, 0.6) is 17.2 Å². The minimum absolute atomic E-state index is 0.144. The van der Waals surface area contributed by atoms with E-state index in [2.05, 4.69) is 26.7 Å². The zero-order valence-electron chi connectivity index (χ0n) is 24.0. The molecule has 0 unspecified atom stereocenters. The molecule has 2 atom stereocenters. The molecule has 0 radical (unpaired) electrons. The summed E-state index contributed by atoms with van der Waals surface area (Å²) in [6, 6.07) is 21.6. The van der Waals surface area contributed by atoms with Gasteiger partial charge in [0.2, 0.25) is 0 Å². The van der Waals surface area contributed by atoms with Crippen molar-refractivity contribution in [2.75, 3.05) is 31.7 Å². The van der Waals surface area contributed by atoms with Crippen LogP contribution in [0.1, 0.15) is 28.0 Å². The molecule has 4 heterocycles. The van der Waals surface area contributed by atoms with Gasteiger partial charge in [0, 0.05) is 49.6 Å². The number of benzene rings is 3. The second kappa shape index (κ2) is 12.7. The number of anilines is 1. The van der Waals surface area contributed by atoms with E-state index in [9.17, 15) is 14.9 Å². The number of carbonyl (C=O) groups is 2. The Balaban J connectivity index is 1.36. The van der Waals surface area contributed by atoms with Crippen LogP contribution in [-0.4, -0.2) is 60.7 Å². The fourth-order valence-corrected chi connectivity index (χ4v) is 5.38. The standard InChI is InChI=1S/C33H30N6O5/c1-42-29-10-7-23-16-26(29)22-3-2-4-25(15-22)43-20-31(40)37-18-21-5-8-24(9-6-21)44-30-11-14-39(19-28(30)38-33(23)41)32-27(17-34)35-12-13-36-32/h2-10,12-13,15-16,28,30H,11,14,18-20H2,1H3,(H,37,40)(H,38,41)/t28-,30-/m1/s1. The number of aromatic nitrogens is 2. The highest BCUT2D eigenvalue weighted by molar-refractivity contribution is 5.96. The van der Waals surface area contributed by atoms with E-state index in [-0.39, 0.29) is 30.2 Å². The number of ether oxygens (including phenoxy) is 3. The summed E-state index contributed by atoms with van der Waals surface area (Å²) in [5.41, 5.74) is 3.01. The van der Waals surface area contributed by atoms with Crippen molar-refractivity contribution >= 4 is 17.6 Å². The quantitative estimate of drug-likeness (QED) is 0.359. The highest BCUT2D eigenvalue weighted by Crippen LogP contribution is 2.33. The van der Waals surface area contributed by atoms with E-state index < -0.39 is 6.04 Å². The van der Waals surface area contributed by atoms with Crippen LogP contribution in [0.4, 0.5) is 5.82 Å². The van der Waals surface area contributed by atoms with Crippen LogP contribution in [0.2, 0.25) is 0 Å². The summed E-state index contributed by atoms with van der Waals surface area (Å²) in [6.45, 7) is 1.10. The molecule has 222 valence electrons. The molecular formula is C33H30N6O5. The molecule has 4 aromatic rings. The molecule has 44 heavy (non-hydrogen) atoms. The number of hydrogen-bond acceptors (Lipinski definition) is 9. The maximum absolute atomic E-state index is 13.8. The number of carbonyl (C=O) groups excluding carboxylic acids is 2. The van der Waals surface area contributed by atoms with Gasteiger partial charge in [0.15, 0.2) is 18.1 Å². The Bertz CT molecular complexity index is 1720. The largest absolute Gasteiger partial charge is 0.496 e. The minimum atomic E-state index is -0.448. The number of nitriles is 1. The molecule has 1 aromatic heterocycles. The minimum Gasteiger partial charge on any atom is -0.496 e. The summed E-state index contributed by atoms with van der Waals surface area (Å²) in [5, 5.41) is 15.7. The SMILES string of the molecule is COc1ccc2cc1-c1cccc(c1)OCC(=O)NCc1ccc(cc1)O[C@@H]1CCN(c3nccnc3C#N)C[C@H]1NC2=O. The molecule has 3 aromatic carbocycles. The molecule has 3 aliphatic heterocycles. The van der Waals surface area contributed by atoms with Crippen molar-refractivity contribution in [3.8, 4) is 34.4 Å². The predicted molar refractivity (Wildman–Crippen MR) is 161 cm³/mol. The number of piperidine rings is 1. The lowest BCUT2D eigenvalue weighted by atomic mass is 9.99. The van der Waals surface area contributed by atoms with Crippen LogP contribution >= 0.6 is 0 Å². The van der Waals surface area contributed by atoms with Crippen molar-refractivity contribution in [2.45, 2.75) is 25.1 Å². The van der Waals surface area contributed by atoms with Crippen LogP contribution in [-0.2, 0) is 11.3 Å². The molecule has 2 N–H and O–H groups in total. The summed E-state index contributed by atoms with van der Waals surface area (Å²) in [4.78, 5) is 36.8. The molecule has 0 spiro atoms. The molecule has 3 aliphatic rings. The zero-order valence-corrected chi connectivity index (χ0v) is 24.0. The van der Waals surface area contributed by atoms with Gasteiger partial charge >= 0.3 is 0 Å². The number of rotatable bonds is 2. The lowest BCUT2D eigenvalue weighted by Crippen LogP contribution is -2.57. The van der Waals surface area contributed by atoms with Crippen LogP contribution < -0.4 is 29.7 Å². The third kappa shape index (κ3) is 6.24. The van der Waals surface area contributed by atoms with Gasteiger partial charge < -0.3 is 29.7 Å². The van der Waals surface area contributed by atoms with Gasteiger partial charge in [0.05, 0.1) is 13.2 Å². The first kappa shape index (κ1) is 28.5. The second-order valence-corrected chi connectivity index (χ2v) is 10.5. The van der Waals surface area contributed by atoms with Crippen molar-refractivity contribution in [1.82, 2.24) is 20.6 Å². The van der Waals surface area contributed by atoms with Crippen molar-refractivity contribution < 1.29 is 23.8 Å². The van der Waals surface area contributed by atoms with Gasteiger partial charge in [-0.25, -0.2) is 9.97 Å². The van der Waals surface area contributed by atoms with Gasteiger partial charge in [0.1, 0.15) is 29.4 Å². The van der Waals surface area contributed by atoms with E-state index >= 15 is 0 Å². The Morgan fingerprint density at radius 2 is 1.84 bits per heavy atom. The van der Waals surface area contributed by atoms with Gasteiger partial charge in [-0.3, -0.25) is 9.59 Å². The Labute approximate surface area is 254 Å². The smallest absolute Gasteiger partial charge is 0.258 e. The van der Waals surface area contributed by atoms with Gasteiger partial charge in [-0.2, -0.15) is 5.26 Å². The Morgan fingerprint density at radius 1 is 1.00 bits per heavy atom. The van der Waals surface area contributed by atoms with E-state index in [0.717, 1.165) is 11.1 Å². The van der Waals surface area contributed by atoms with Crippen LogP contribution in [0, 0.1) is 11.3 Å². The van der Waals surface area contributed by atoms with Crippen molar-refractivity contribution in [3.63, 3.8) is 0 Å². The van der Waals surface area contributed by atoms with E-state index in [1.807, 2.05) is 41.3 Å². The third-order valence-electron chi connectivity index (χ3n) is 7.63. The molecule has 0 saturated carbocycles. The Hall–Kier alpha value is -5.63. The predicted octanol–water partition coefficient (Wildman–Crippen LogP) is 3.49. The van der Waals surface area contributed by atoms with E-state index in [1.54, 1.807) is 43.6 Å². The average molecular weight is 591 g/mol. The fraction of sp³-hybridized carbons (Fsp3) is 0.242. The summed E-state index contributed by atoms with van der Waals surface area (Å²) < 4.78 is 17.8. The van der Waals surface area contributed by atoms with Crippen molar-refractivity contribution in [1.29, 1.82) is 5.26 Å². The molecule has 7 rings (SSSR count). The van der Waals surface area contributed by atoms with Gasteiger partial charge in [0.25, 0.3) is 11.8 Å². The molecule has 0 aliphatic carbocycles. The molecule has 11 heteroatoms. The number of nitrogens with one attached hydrogen (secondary N) is 2. The van der Waals surface area contributed by atoms with Crippen LogP contribution in [0.3, 0.4) is 0 Å². The first-order valence-electron chi connectivity index (χ1n) is 14.2. The molecule has 11 nitrogen and oxygen atoms in total. The number of nitrogens with zero attached hydrogens (tertiary/aromatic N) is 4. The first-order chi connectivity index (χ1) is 21.5. The molecule has 2 amide bonds. The van der Waals surface area contributed by atoms with Crippen molar-refractivity contribution in [2.24, 2.45) is 0 Å². The summed E-state index contributed by atoms with van der Waals surface area (Å²) in [5.74, 6) is 1.66. The third-order valence-corrected chi connectivity index (χ3v) is 7.63. The lowest BCUT2D eigenvalue weighted by Gasteiger charge is -2.39. The Morgan fingerprint density at radius 3 is 2.66 bits per heavy atom. The number of amides is 2. The van der Waals surface area contributed by atoms with E-state index in [0.29, 0.717) is 60.2 Å². The molecule has 1 fully saturated rings. The maximum Gasteiger partial charge on any atom is 0.258 e. The van der Waals surface area contributed by atoms with Gasteiger partial charge in [-0.15, -0.1) is 0 Å². The maximum atomic E-state index is 13.8. The average Bonchev–Trinajstić information content (AvgIpc) is 3.07. The van der Waals surface area contributed by atoms with Gasteiger partial charge in [-0.05, 0) is 53.6 Å². The van der Waals surface area contributed by atoms with Crippen LogP contribution in [0.25, 0.3) is 11.1 Å². The lowest BCUT2D eigenvalue weighted by molar-refractivity contribution is -0.123. The first-order valence-corrected chi connectivity index (χ1v) is 14.2. The number of fused-ring (bicyclic) bond motifs is 7. The zero-order chi connectivity index (χ0) is 30.5. The number of hydrogen-bond donors (Lipinski definition) is 2. The van der Waals surface area contributed by atoms with Gasteiger partial charge in [-0.1, -0.05) is 24.3 Å². The monoisotopic (exact) mass is 590 g/mol.